The predicted octanol–water partition coefficient (Wildman–Crippen LogP) is 4.06. The van der Waals surface area contributed by atoms with Gasteiger partial charge in [0.1, 0.15) is 5.56 Å². The molecule has 0 aliphatic heterocycles. The number of ether oxygens (including phenoxy) is 1. The summed E-state index contributed by atoms with van der Waals surface area (Å²) in [4.78, 5) is 21.3. The van der Waals surface area contributed by atoms with E-state index >= 15 is 0 Å². The molecule has 0 aliphatic rings. The van der Waals surface area contributed by atoms with Gasteiger partial charge in [-0.05, 0) is 35.0 Å². The molecule has 118 valence electrons. The van der Waals surface area contributed by atoms with Crippen molar-refractivity contribution in [2.24, 2.45) is 0 Å². The Morgan fingerprint density at radius 3 is 2.26 bits per heavy atom. The summed E-state index contributed by atoms with van der Waals surface area (Å²) in [6.45, 7) is 1.15. The summed E-state index contributed by atoms with van der Waals surface area (Å²) >= 11 is 3.30. The number of hydrogen-bond donors (Lipinski definition) is 0. The zero-order valence-corrected chi connectivity index (χ0v) is 14.3. The van der Waals surface area contributed by atoms with E-state index in [1.807, 2.05) is 39.9 Å². The van der Waals surface area contributed by atoms with Gasteiger partial charge in [-0.2, -0.15) is 0 Å². The molecular formula is C17H16N2O2S2. The zero-order chi connectivity index (χ0) is 16.1. The van der Waals surface area contributed by atoms with Gasteiger partial charge in [0.25, 0.3) is 5.91 Å². The van der Waals surface area contributed by atoms with Crippen molar-refractivity contribution in [1.82, 2.24) is 9.88 Å². The number of thiophene rings is 2. The molecule has 23 heavy (non-hydrogen) atoms. The molecule has 0 aliphatic carbocycles. The number of rotatable bonds is 6. The highest BCUT2D eigenvalue weighted by Gasteiger charge is 2.21. The fourth-order valence-electron chi connectivity index (χ4n) is 2.27. The standard InChI is InChI=1S/C17H16N2O2S2/c1-21-16-15(7-2-8-18-16)17(20)19(11-13-5-3-9-22-13)12-14-6-4-10-23-14/h2-10H,11-12H2,1H3. The second-order valence-corrected chi connectivity index (χ2v) is 6.94. The minimum Gasteiger partial charge on any atom is -0.480 e. The van der Waals surface area contributed by atoms with E-state index in [4.69, 9.17) is 4.74 Å². The highest BCUT2D eigenvalue weighted by molar-refractivity contribution is 7.10. The molecule has 0 atom stereocenters. The van der Waals surface area contributed by atoms with Crippen molar-refractivity contribution in [3.8, 4) is 5.88 Å². The van der Waals surface area contributed by atoms with Crippen molar-refractivity contribution >= 4 is 28.6 Å². The van der Waals surface area contributed by atoms with Crippen LogP contribution in [-0.2, 0) is 13.1 Å². The third-order valence-corrected chi connectivity index (χ3v) is 5.06. The maximum Gasteiger partial charge on any atom is 0.259 e. The Kier molecular flexibility index (Phi) is 5.05. The van der Waals surface area contributed by atoms with E-state index in [0.29, 0.717) is 24.5 Å². The van der Waals surface area contributed by atoms with Gasteiger partial charge >= 0.3 is 0 Å². The van der Waals surface area contributed by atoms with Gasteiger partial charge in [-0.3, -0.25) is 4.79 Å². The number of pyridine rings is 1. The van der Waals surface area contributed by atoms with E-state index in [1.54, 1.807) is 41.0 Å². The van der Waals surface area contributed by atoms with Gasteiger partial charge in [-0.15, -0.1) is 22.7 Å². The van der Waals surface area contributed by atoms with Crippen LogP contribution in [0.4, 0.5) is 0 Å². The number of amides is 1. The Balaban J connectivity index is 1.88. The second-order valence-electron chi connectivity index (χ2n) is 4.88. The third-order valence-electron chi connectivity index (χ3n) is 3.34. The Morgan fingerprint density at radius 2 is 1.74 bits per heavy atom. The van der Waals surface area contributed by atoms with E-state index in [0.717, 1.165) is 9.75 Å². The van der Waals surface area contributed by atoms with Gasteiger partial charge in [0, 0.05) is 16.0 Å². The summed E-state index contributed by atoms with van der Waals surface area (Å²) < 4.78 is 5.23. The van der Waals surface area contributed by atoms with E-state index < -0.39 is 0 Å². The van der Waals surface area contributed by atoms with Gasteiger partial charge in [0.05, 0.1) is 20.2 Å². The van der Waals surface area contributed by atoms with Crippen molar-refractivity contribution in [1.29, 1.82) is 0 Å². The van der Waals surface area contributed by atoms with Crippen LogP contribution in [0.25, 0.3) is 0 Å². The summed E-state index contributed by atoms with van der Waals surface area (Å²) in [5, 5.41) is 4.04. The van der Waals surface area contributed by atoms with Crippen LogP contribution in [0, 0.1) is 0 Å². The van der Waals surface area contributed by atoms with Gasteiger partial charge in [0.15, 0.2) is 0 Å². The lowest BCUT2D eigenvalue weighted by molar-refractivity contribution is 0.0729. The van der Waals surface area contributed by atoms with Crippen LogP contribution in [-0.4, -0.2) is 22.9 Å². The quantitative estimate of drug-likeness (QED) is 0.677. The van der Waals surface area contributed by atoms with E-state index in [-0.39, 0.29) is 5.91 Å². The Labute approximate surface area is 143 Å². The highest BCUT2D eigenvalue weighted by Crippen LogP contribution is 2.22. The lowest BCUT2D eigenvalue weighted by Gasteiger charge is -2.22. The fraction of sp³-hybridized carbons (Fsp3) is 0.176. The molecule has 0 aromatic carbocycles. The number of aromatic nitrogens is 1. The van der Waals surface area contributed by atoms with Gasteiger partial charge < -0.3 is 9.64 Å². The molecule has 3 aromatic rings. The minimum atomic E-state index is -0.0725. The number of carbonyl (C=O) groups is 1. The first-order valence-electron chi connectivity index (χ1n) is 7.11. The van der Waals surface area contributed by atoms with Crippen LogP contribution in [0.2, 0.25) is 0 Å². The molecule has 0 fully saturated rings. The first kappa shape index (κ1) is 15.7. The molecule has 0 N–H and O–H groups in total. The third kappa shape index (κ3) is 3.78. The largest absolute Gasteiger partial charge is 0.480 e. The fourth-order valence-corrected chi connectivity index (χ4v) is 3.71. The van der Waals surface area contributed by atoms with Crippen molar-refractivity contribution in [3.63, 3.8) is 0 Å². The first-order valence-corrected chi connectivity index (χ1v) is 8.87. The number of nitrogens with zero attached hydrogens (tertiary/aromatic N) is 2. The summed E-state index contributed by atoms with van der Waals surface area (Å²) in [6, 6.07) is 11.6. The Morgan fingerprint density at radius 1 is 1.09 bits per heavy atom. The molecule has 6 heteroatoms. The van der Waals surface area contributed by atoms with Gasteiger partial charge in [0.2, 0.25) is 5.88 Å². The predicted molar refractivity (Wildman–Crippen MR) is 93.0 cm³/mol. The average molecular weight is 344 g/mol. The van der Waals surface area contributed by atoms with Crippen molar-refractivity contribution in [2.45, 2.75) is 13.1 Å². The lowest BCUT2D eigenvalue weighted by Crippen LogP contribution is -2.30. The van der Waals surface area contributed by atoms with Crippen molar-refractivity contribution in [2.75, 3.05) is 7.11 Å². The summed E-state index contributed by atoms with van der Waals surface area (Å²) in [5.74, 6) is 0.289. The SMILES string of the molecule is COc1ncccc1C(=O)N(Cc1cccs1)Cc1cccs1. The minimum absolute atomic E-state index is 0.0725. The number of methoxy groups -OCH3 is 1. The van der Waals surface area contributed by atoms with Crippen LogP contribution in [0.5, 0.6) is 5.88 Å². The highest BCUT2D eigenvalue weighted by atomic mass is 32.1. The average Bonchev–Trinajstić information content (AvgIpc) is 3.27. The molecule has 3 aromatic heterocycles. The topological polar surface area (TPSA) is 42.4 Å². The van der Waals surface area contributed by atoms with Crippen LogP contribution >= 0.6 is 22.7 Å². The molecule has 3 heterocycles. The maximum atomic E-state index is 13.0. The van der Waals surface area contributed by atoms with E-state index in [9.17, 15) is 4.79 Å². The molecule has 0 saturated carbocycles. The maximum absolute atomic E-state index is 13.0. The normalized spacial score (nSPS) is 10.5. The van der Waals surface area contributed by atoms with E-state index in [1.165, 1.54) is 7.11 Å². The molecule has 4 nitrogen and oxygen atoms in total. The first-order chi connectivity index (χ1) is 11.3. The van der Waals surface area contributed by atoms with Crippen LogP contribution in [0.3, 0.4) is 0 Å². The number of carbonyl (C=O) groups excluding carboxylic acids is 1. The molecule has 0 unspecified atom stereocenters. The molecule has 3 rings (SSSR count). The Hall–Kier alpha value is -2.18. The zero-order valence-electron chi connectivity index (χ0n) is 12.6. The van der Waals surface area contributed by atoms with Crippen LogP contribution < -0.4 is 4.74 Å². The van der Waals surface area contributed by atoms with Crippen molar-refractivity contribution < 1.29 is 9.53 Å². The molecule has 0 saturated heterocycles. The van der Waals surface area contributed by atoms with Gasteiger partial charge in [-0.1, -0.05) is 12.1 Å². The summed E-state index contributed by atoms with van der Waals surface area (Å²) in [7, 11) is 1.53. The van der Waals surface area contributed by atoms with Crippen LogP contribution in [0.1, 0.15) is 20.1 Å². The molecule has 1 amide bonds. The molecule has 0 spiro atoms. The summed E-state index contributed by atoms with van der Waals surface area (Å²) in [6.07, 6.45) is 1.62. The second kappa shape index (κ2) is 7.39. The number of hydrogen-bond acceptors (Lipinski definition) is 5. The smallest absolute Gasteiger partial charge is 0.259 e. The van der Waals surface area contributed by atoms with Gasteiger partial charge in [-0.25, -0.2) is 4.98 Å². The Bertz CT molecular complexity index is 719. The monoisotopic (exact) mass is 344 g/mol. The molecule has 0 bridgehead atoms. The molecular weight excluding hydrogens is 328 g/mol. The van der Waals surface area contributed by atoms with E-state index in [2.05, 4.69) is 4.98 Å². The lowest BCUT2D eigenvalue weighted by atomic mass is 10.2. The molecule has 0 radical (unpaired) electrons. The van der Waals surface area contributed by atoms with Crippen molar-refractivity contribution in [3.05, 3.63) is 68.7 Å². The summed E-state index contributed by atoms with van der Waals surface area (Å²) in [5.41, 5.74) is 0.489. The van der Waals surface area contributed by atoms with Crippen LogP contribution in [0.15, 0.2) is 53.4 Å².